The maximum atomic E-state index is 11.7. The van der Waals surface area contributed by atoms with Crippen molar-refractivity contribution in [3.63, 3.8) is 0 Å². The Hall–Kier alpha value is -2.57. The summed E-state index contributed by atoms with van der Waals surface area (Å²) in [5.41, 5.74) is 0.834. The highest BCUT2D eigenvalue weighted by Crippen LogP contribution is 2.21. The molecule has 0 saturated heterocycles. The lowest BCUT2D eigenvalue weighted by atomic mass is 9.92. The van der Waals surface area contributed by atoms with E-state index < -0.39 is 5.91 Å². The van der Waals surface area contributed by atoms with Gasteiger partial charge in [0.1, 0.15) is 0 Å². The molecule has 0 spiro atoms. The SMILES string of the molecule is CC(C)(C)c1cc(NC(=O)CNC(=O)c2ccco2)n[nH]1. The zero-order valence-electron chi connectivity index (χ0n) is 12.2. The first kappa shape index (κ1) is 14.8. The fourth-order valence-corrected chi connectivity index (χ4v) is 1.61. The second kappa shape index (κ2) is 5.82. The number of carbonyl (C=O) groups is 2. The maximum absolute atomic E-state index is 11.7. The largest absolute Gasteiger partial charge is 0.459 e. The first-order valence-electron chi connectivity index (χ1n) is 6.54. The second-order valence-electron chi connectivity index (χ2n) is 5.63. The molecule has 0 unspecified atom stereocenters. The molecule has 112 valence electrons. The number of carbonyl (C=O) groups excluding carboxylic acids is 2. The van der Waals surface area contributed by atoms with Gasteiger partial charge in [0.25, 0.3) is 5.91 Å². The summed E-state index contributed by atoms with van der Waals surface area (Å²) in [6.07, 6.45) is 1.40. The molecule has 2 aromatic rings. The van der Waals surface area contributed by atoms with Crippen molar-refractivity contribution in [2.24, 2.45) is 0 Å². The lowest BCUT2D eigenvalue weighted by molar-refractivity contribution is -0.115. The minimum atomic E-state index is -0.437. The molecule has 7 nitrogen and oxygen atoms in total. The van der Waals surface area contributed by atoms with Gasteiger partial charge >= 0.3 is 0 Å². The summed E-state index contributed by atoms with van der Waals surface area (Å²) in [6, 6.07) is 4.90. The van der Waals surface area contributed by atoms with E-state index in [0.717, 1.165) is 5.69 Å². The molecule has 0 bridgehead atoms. The molecule has 2 aromatic heterocycles. The molecule has 0 aromatic carbocycles. The van der Waals surface area contributed by atoms with Crippen molar-refractivity contribution in [2.45, 2.75) is 26.2 Å². The highest BCUT2D eigenvalue weighted by Gasteiger charge is 2.17. The van der Waals surface area contributed by atoms with Crippen molar-refractivity contribution in [3.8, 4) is 0 Å². The van der Waals surface area contributed by atoms with E-state index >= 15 is 0 Å². The molecule has 3 N–H and O–H groups in total. The number of amides is 2. The van der Waals surface area contributed by atoms with E-state index in [1.54, 1.807) is 12.1 Å². The quantitative estimate of drug-likeness (QED) is 0.797. The predicted molar refractivity (Wildman–Crippen MR) is 77.0 cm³/mol. The summed E-state index contributed by atoms with van der Waals surface area (Å²) in [7, 11) is 0. The van der Waals surface area contributed by atoms with E-state index in [1.165, 1.54) is 12.3 Å². The van der Waals surface area contributed by atoms with Crippen LogP contribution >= 0.6 is 0 Å². The number of aromatic nitrogens is 2. The van der Waals surface area contributed by atoms with Gasteiger partial charge in [0, 0.05) is 17.2 Å². The number of hydrogen-bond donors (Lipinski definition) is 3. The van der Waals surface area contributed by atoms with Crippen LogP contribution in [0.4, 0.5) is 5.82 Å². The summed E-state index contributed by atoms with van der Waals surface area (Å²) in [6.45, 7) is 5.96. The number of H-pyrrole nitrogens is 1. The van der Waals surface area contributed by atoms with Gasteiger partial charge in [-0.3, -0.25) is 14.7 Å². The fraction of sp³-hybridized carbons (Fsp3) is 0.357. The van der Waals surface area contributed by atoms with Crippen LogP contribution in [0, 0.1) is 0 Å². The minimum absolute atomic E-state index is 0.0799. The molecule has 0 aliphatic rings. The van der Waals surface area contributed by atoms with Crippen LogP contribution < -0.4 is 10.6 Å². The van der Waals surface area contributed by atoms with Crippen molar-refractivity contribution in [2.75, 3.05) is 11.9 Å². The van der Waals surface area contributed by atoms with Crippen molar-refractivity contribution in [1.29, 1.82) is 0 Å². The zero-order valence-corrected chi connectivity index (χ0v) is 12.2. The third-order valence-electron chi connectivity index (χ3n) is 2.81. The lowest BCUT2D eigenvalue weighted by Crippen LogP contribution is -2.32. The molecule has 21 heavy (non-hydrogen) atoms. The lowest BCUT2D eigenvalue weighted by Gasteiger charge is -2.14. The number of rotatable bonds is 4. The van der Waals surface area contributed by atoms with Crippen LogP contribution in [0.5, 0.6) is 0 Å². The Bertz CT molecular complexity index is 623. The Morgan fingerprint density at radius 2 is 2.14 bits per heavy atom. The Morgan fingerprint density at radius 1 is 1.38 bits per heavy atom. The maximum Gasteiger partial charge on any atom is 0.287 e. The molecule has 0 aliphatic carbocycles. The Balaban J connectivity index is 1.85. The van der Waals surface area contributed by atoms with Crippen LogP contribution in [0.15, 0.2) is 28.9 Å². The Morgan fingerprint density at radius 3 is 2.71 bits per heavy atom. The van der Waals surface area contributed by atoms with Gasteiger partial charge in [0.05, 0.1) is 12.8 Å². The van der Waals surface area contributed by atoms with Crippen LogP contribution in [-0.4, -0.2) is 28.6 Å². The average molecular weight is 290 g/mol. The first-order valence-corrected chi connectivity index (χ1v) is 6.54. The van der Waals surface area contributed by atoms with E-state index in [2.05, 4.69) is 20.8 Å². The number of nitrogens with one attached hydrogen (secondary N) is 3. The minimum Gasteiger partial charge on any atom is -0.459 e. The van der Waals surface area contributed by atoms with E-state index in [1.807, 2.05) is 20.8 Å². The zero-order chi connectivity index (χ0) is 15.5. The van der Waals surface area contributed by atoms with Crippen LogP contribution in [-0.2, 0) is 10.2 Å². The van der Waals surface area contributed by atoms with Crippen molar-refractivity contribution >= 4 is 17.6 Å². The number of furan rings is 1. The molecular formula is C14H18N4O3. The van der Waals surface area contributed by atoms with E-state index in [4.69, 9.17) is 4.42 Å². The second-order valence-corrected chi connectivity index (χ2v) is 5.63. The molecule has 2 amide bonds. The van der Waals surface area contributed by atoms with E-state index in [0.29, 0.717) is 5.82 Å². The van der Waals surface area contributed by atoms with Crippen LogP contribution in [0.25, 0.3) is 0 Å². The highest BCUT2D eigenvalue weighted by molar-refractivity contribution is 5.97. The highest BCUT2D eigenvalue weighted by atomic mass is 16.3. The van der Waals surface area contributed by atoms with Gasteiger partial charge < -0.3 is 15.1 Å². The molecule has 0 radical (unpaired) electrons. The van der Waals surface area contributed by atoms with Gasteiger partial charge in [-0.15, -0.1) is 0 Å². The number of nitrogens with zero attached hydrogens (tertiary/aromatic N) is 1. The average Bonchev–Trinajstić information content (AvgIpc) is 3.05. The van der Waals surface area contributed by atoms with Gasteiger partial charge in [-0.25, -0.2) is 0 Å². The van der Waals surface area contributed by atoms with Gasteiger partial charge in [0.2, 0.25) is 5.91 Å². The van der Waals surface area contributed by atoms with Crippen molar-refractivity contribution in [3.05, 3.63) is 35.9 Å². The first-order chi connectivity index (χ1) is 9.86. The molecule has 2 rings (SSSR count). The fourth-order valence-electron chi connectivity index (χ4n) is 1.61. The normalized spacial score (nSPS) is 11.2. The standard InChI is InChI=1S/C14H18N4O3/c1-14(2,3)10-7-11(18-17-10)16-12(19)8-15-13(20)9-5-4-6-21-9/h4-7H,8H2,1-3H3,(H,15,20)(H2,16,17,18,19). The Kier molecular flexibility index (Phi) is 4.11. The molecule has 0 saturated carbocycles. The van der Waals surface area contributed by atoms with Gasteiger partial charge in [-0.1, -0.05) is 20.8 Å². The third kappa shape index (κ3) is 3.95. The molecule has 0 aliphatic heterocycles. The van der Waals surface area contributed by atoms with E-state index in [9.17, 15) is 9.59 Å². The van der Waals surface area contributed by atoms with Gasteiger partial charge in [-0.2, -0.15) is 5.10 Å². The molecule has 0 atom stereocenters. The summed E-state index contributed by atoms with van der Waals surface area (Å²) < 4.78 is 4.93. The van der Waals surface area contributed by atoms with Crippen molar-refractivity contribution < 1.29 is 14.0 Å². The summed E-state index contributed by atoms with van der Waals surface area (Å²) in [4.78, 5) is 23.3. The van der Waals surface area contributed by atoms with Crippen LogP contribution in [0.3, 0.4) is 0 Å². The molecule has 7 heteroatoms. The number of anilines is 1. The third-order valence-corrected chi connectivity index (χ3v) is 2.81. The summed E-state index contributed by atoms with van der Waals surface area (Å²) >= 11 is 0. The van der Waals surface area contributed by atoms with Crippen molar-refractivity contribution in [1.82, 2.24) is 15.5 Å². The van der Waals surface area contributed by atoms with Crippen LogP contribution in [0.1, 0.15) is 37.0 Å². The Labute approximate surface area is 122 Å². The molecular weight excluding hydrogens is 272 g/mol. The molecule has 2 heterocycles. The predicted octanol–water partition coefficient (Wildman–Crippen LogP) is 1.67. The summed E-state index contributed by atoms with van der Waals surface area (Å²) in [5.74, 6) is -0.204. The van der Waals surface area contributed by atoms with Gasteiger partial charge in [0.15, 0.2) is 11.6 Å². The monoisotopic (exact) mass is 290 g/mol. The molecule has 0 fully saturated rings. The number of hydrogen-bond acceptors (Lipinski definition) is 4. The van der Waals surface area contributed by atoms with E-state index in [-0.39, 0.29) is 23.6 Å². The topological polar surface area (TPSA) is 100 Å². The number of aromatic amines is 1. The summed E-state index contributed by atoms with van der Waals surface area (Å²) in [5, 5.41) is 12.0. The smallest absolute Gasteiger partial charge is 0.287 e. The van der Waals surface area contributed by atoms with Gasteiger partial charge in [-0.05, 0) is 12.1 Å². The van der Waals surface area contributed by atoms with Crippen LogP contribution in [0.2, 0.25) is 0 Å².